The lowest BCUT2D eigenvalue weighted by Gasteiger charge is -2.04. The predicted octanol–water partition coefficient (Wildman–Crippen LogP) is 3.27. The van der Waals surface area contributed by atoms with Crippen LogP contribution in [0.4, 0.5) is 0 Å². The molecule has 6 nitrogen and oxygen atoms in total. The Hall–Kier alpha value is -1.68. The molecular formula is C15H13ClN2O4S3. The van der Waals surface area contributed by atoms with Crippen LogP contribution >= 0.6 is 34.3 Å². The molecule has 2 aromatic heterocycles. The first-order valence-electron chi connectivity index (χ1n) is 7.21. The number of carbonyl (C=O) groups is 1. The highest BCUT2D eigenvalue weighted by Gasteiger charge is 2.18. The Morgan fingerprint density at radius 1 is 1.24 bits per heavy atom. The van der Waals surface area contributed by atoms with E-state index in [1.54, 1.807) is 17.6 Å². The van der Waals surface area contributed by atoms with Gasteiger partial charge in [0, 0.05) is 0 Å². The molecular weight excluding hydrogens is 404 g/mol. The number of thiazole rings is 1. The lowest BCUT2D eigenvalue weighted by atomic mass is 10.3. The minimum atomic E-state index is -3.91. The molecule has 0 saturated carbocycles. The van der Waals surface area contributed by atoms with Crippen LogP contribution in [0.1, 0.15) is 6.92 Å². The van der Waals surface area contributed by atoms with E-state index in [1.165, 1.54) is 23.5 Å². The number of thiophene rings is 1. The van der Waals surface area contributed by atoms with Crippen LogP contribution in [-0.2, 0) is 26.1 Å². The molecule has 0 aliphatic rings. The molecule has 0 atom stereocenters. The highest BCUT2D eigenvalue weighted by atomic mass is 35.5. The molecule has 0 spiro atoms. The molecule has 25 heavy (non-hydrogen) atoms. The highest BCUT2D eigenvalue weighted by molar-refractivity contribution is 7.92. The van der Waals surface area contributed by atoms with E-state index >= 15 is 0 Å². The number of ether oxygens (including phenoxy) is 1. The molecule has 10 heteroatoms. The molecule has 132 valence electrons. The number of fused-ring (bicyclic) bond motifs is 1. The van der Waals surface area contributed by atoms with Crippen molar-refractivity contribution < 1.29 is 17.9 Å². The van der Waals surface area contributed by atoms with Crippen molar-refractivity contribution in [2.45, 2.75) is 17.7 Å². The van der Waals surface area contributed by atoms with Crippen molar-refractivity contribution in [2.24, 2.45) is 4.40 Å². The highest BCUT2D eigenvalue weighted by Crippen LogP contribution is 2.27. The Morgan fingerprint density at radius 2 is 2.00 bits per heavy atom. The van der Waals surface area contributed by atoms with Crippen molar-refractivity contribution >= 4 is 60.5 Å². The molecule has 0 saturated heterocycles. The van der Waals surface area contributed by atoms with Gasteiger partial charge in [0.1, 0.15) is 10.8 Å². The van der Waals surface area contributed by atoms with Crippen LogP contribution in [-0.4, -0.2) is 25.6 Å². The summed E-state index contributed by atoms with van der Waals surface area (Å²) in [6.45, 7) is 1.85. The topological polar surface area (TPSA) is 77.7 Å². The predicted molar refractivity (Wildman–Crippen MR) is 98.5 cm³/mol. The van der Waals surface area contributed by atoms with Crippen LogP contribution in [0.3, 0.4) is 0 Å². The molecule has 0 radical (unpaired) electrons. The maximum Gasteiger partial charge on any atom is 0.326 e. The minimum absolute atomic E-state index is 0.0534. The minimum Gasteiger partial charge on any atom is -0.465 e. The first-order valence-corrected chi connectivity index (χ1v) is 10.7. The van der Waals surface area contributed by atoms with E-state index in [0.29, 0.717) is 4.34 Å². The third kappa shape index (κ3) is 3.95. The molecule has 0 aliphatic heterocycles. The fourth-order valence-electron chi connectivity index (χ4n) is 2.16. The normalized spacial score (nSPS) is 12.6. The lowest BCUT2D eigenvalue weighted by Crippen LogP contribution is -2.23. The number of benzene rings is 1. The number of hydrogen-bond donors (Lipinski definition) is 0. The van der Waals surface area contributed by atoms with Gasteiger partial charge in [-0.15, -0.1) is 15.7 Å². The summed E-state index contributed by atoms with van der Waals surface area (Å²) in [6, 6.07) is 10.2. The average molecular weight is 417 g/mol. The van der Waals surface area contributed by atoms with Gasteiger partial charge in [-0.1, -0.05) is 35.1 Å². The Balaban J connectivity index is 2.16. The smallest absolute Gasteiger partial charge is 0.326 e. The third-order valence-corrected chi connectivity index (χ3v) is 7.32. The molecule has 0 aliphatic carbocycles. The van der Waals surface area contributed by atoms with Crippen LogP contribution < -0.4 is 4.80 Å². The van der Waals surface area contributed by atoms with E-state index in [4.69, 9.17) is 16.3 Å². The number of nitrogens with zero attached hydrogens (tertiary/aromatic N) is 2. The Kier molecular flexibility index (Phi) is 5.28. The molecule has 0 N–H and O–H groups in total. The summed E-state index contributed by atoms with van der Waals surface area (Å²) in [5.41, 5.74) is 0.721. The van der Waals surface area contributed by atoms with Crippen molar-refractivity contribution in [1.82, 2.24) is 4.57 Å². The summed E-state index contributed by atoms with van der Waals surface area (Å²) >= 11 is 7.95. The molecule has 0 unspecified atom stereocenters. The largest absolute Gasteiger partial charge is 0.465 e. The van der Waals surface area contributed by atoms with Gasteiger partial charge in [-0.25, -0.2) is 0 Å². The molecule has 0 amide bonds. The number of rotatable bonds is 5. The van der Waals surface area contributed by atoms with Gasteiger partial charge < -0.3 is 9.30 Å². The molecule has 0 fully saturated rings. The molecule has 2 heterocycles. The van der Waals surface area contributed by atoms with E-state index in [-0.39, 0.29) is 22.2 Å². The van der Waals surface area contributed by atoms with E-state index < -0.39 is 16.0 Å². The van der Waals surface area contributed by atoms with E-state index in [2.05, 4.69) is 4.40 Å². The summed E-state index contributed by atoms with van der Waals surface area (Å²) in [7, 11) is -3.91. The number of hydrogen-bond acceptors (Lipinski definition) is 6. The fraction of sp³-hybridized carbons (Fsp3) is 0.200. The lowest BCUT2D eigenvalue weighted by molar-refractivity contribution is -0.143. The number of para-hydroxylation sites is 1. The summed E-state index contributed by atoms with van der Waals surface area (Å²) in [5.74, 6) is -0.455. The van der Waals surface area contributed by atoms with Crippen molar-refractivity contribution in [2.75, 3.05) is 6.61 Å². The summed E-state index contributed by atoms with van der Waals surface area (Å²) < 4.78 is 36.7. The van der Waals surface area contributed by atoms with Gasteiger partial charge in [0.05, 0.1) is 21.2 Å². The second-order valence-corrected chi connectivity index (χ2v) is 9.42. The van der Waals surface area contributed by atoms with E-state index in [0.717, 1.165) is 21.6 Å². The number of carbonyl (C=O) groups excluding carboxylic acids is 1. The maximum absolute atomic E-state index is 12.5. The van der Waals surface area contributed by atoms with Gasteiger partial charge in [0.15, 0.2) is 0 Å². The van der Waals surface area contributed by atoms with Gasteiger partial charge in [0.25, 0.3) is 10.0 Å². The van der Waals surface area contributed by atoms with E-state index in [1.807, 2.05) is 18.2 Å². The van der Waals surface area contributed by atoms with Crippen molar-refractivity contribution in [3.63, 3.8) is 0 Å². The molecule has 0 bridgehead atoms. The van der Waals surface area contributed by atoms with Crippen LogP contribution in [0.2, 0.25) is 4.34 Å². The second-order valence-electron chi connectivity index (χ2n) is 4.87. The van der Waals surface area contributed by atoms with E-state index in [9.17, 15) is 13.2 Å². The van der Waals surface area contributed by atoms with Gasteiger partial charge >= 0.3 is 5.97 Å². The first-order chi connectivity index (χ1) is 11.9. The zero-order valence-corrected chi connectivity index (χ0v) is 16.2. The average Bonchev–Trinajstić information content (AvgIpc) is 3.13. The molecule has 3 aromatic rings. The summed E-state index contributed by atoms with van der Waals surface area (Å²) in [6.07, 6.45) is 0. The van der Waals surface area contributed by atoms with Crippen LogP contribution in [0.15, 0.2) is 45.0 Å². The number of sulfonamides is 1. The zero-order chi connectivity index (χ0) is 18.0. The first kappa shape index (κ1) is 18.1. The third-order valence-electron chi connectivity index (χ3n) is 3.18. The summed E-state index contributed by atoms with van der Waals surface area (Å²) in [4.78, 5) is 12.1. The number of esters is 1. The SMILES string of the molecule is CCOC(=O)Cn1c(=NS(=O)(=O)c2ccc(Cl)s2)sc2ccccc21. The molecule has 1 aromatic carbocycles. The molecule has 3 rings (SSSR count). The standard InChI is InChI=1S/C15H13ClN2O4S3/c1-2-22-13(19)9-18-10-5-3-4-6-11(10)23-15(18)17-25(20,21)14-8-7-12(16)24-14/h3-8H,2,9H2,1H3. The maximum atomic E-state index is 12.5. The Bertz CT molecular complexity index is 1100. The Morgan fingerprint density at radius 3 is 2.68 bits per heavy atom. The van der Waals surface area contributed by atoms with Crippen molar-refractivity contribution in [3.8, 4) is 0 Å². The van der Waals surface area contributed by atoms with Crippen LogP contribution in [0.5, 0.6) is 0 Å². The number of halogens is 1. The Labute approximate surface area is 157 Å². The van der Waals surface area contributed by atoms with Gasteiger partial charge in [0.2, 0.25) is 4.80 Å². The van der Waals surface area contributed by atoms with Gasteiger partial charge in [-0.2, -0.15) is 8.42 Å². The second kappa shape index (κ2) is 7.28. The van der Waals surface area contributed by atoms with Crippen molar-refractivity contribution in [1.29, 1.82) is 0 Å². The van der Waals surface area contributed by atoms with Crippen molar-refractivity contribution in [3.05, 3.63) is 45.5 Å². The monoisotopic (exact) mass is 416 g/mol. The van der Waals surface area contributed by atoms with Crippen LogP contribution in [0.25, 0.3) is 10.2 Å². The fourth-order valence-corrected chi connectivity index (χ4v) is 5.86. The number of aromatic nitrogens is 1. The van der Waals surface area contributed by atoms with Gasteiger partial charge in [-0.3, -0.25) is 4.79 Å². The summed E-state index contributed by atoms with van der Waals surface area (Å²) in [5, 5.41) is 0. The van der Waals surface area contributed by atoms with Crippen LogP contribution in [0, 0.1) is 0 Å². The van der Waals surface area contributed by atoms with Gasteiger partial charge in [-0.05, 0) is 31.2 Å². The quantitative estimate of drug-likeness (QED) is 0.598. The zero-order valence-electron chi connectivity index (χ0n) is 13.0.